The second-order valence-corrected chi connectivity index (χ2v) is 4.55. The first-order chi connectivity index (χ1) is 9.58. The maximum atomic E-state index is 11.2. The fourth-order valence-electron chi connectivity index (χ4n) is 0.856. The number of anilines is 1. The molecule has 7 N–H and O–H groups in total. The SMILES string of the molecule is NC(N)=N/N=C/C(=O)Nc1ccc(Cl)cc1.O=S(=O)(O)O. The predicted molar refractivity (Wildman–Crippen MR) is 78.6 cm³/mol. The van der Waals surface area contributed by atoms with Crippen molar-refractivity contribution < 1.29 is 22.3 Å². The Labute approximate surface area is 125 Å². The molecule has 0 saturated heterocycles. The van der Waals surface area contributed by atoms with Crippen LogP contribution in [0.2, 0.25) is 5.02 Å². The van der Waals surface area contributed by atoms with Crippen molar-refractivity contribution in [1.29, 1.82) is 0 Å². The highest BCUT2D eigenvalue weighted by Gasteiger charge is 1.97. The number of benzene rings is 1. The lowest BCUT2D eigenvalue weighted by atomic mass is 10.3. The molecule has 1 aromatic carbocycles. The number of guanidine groups is 1. The van der Waals surface area contributed by atoms with Gasteiger partial charge in [0.25, 0.3) is 5.91 Å². The summed E-state index contributed by atoms with van der Waals surface area (Å²) in [6, 6.07) is 6.64. The van der Waals surface area contributed by atoms with Gasteiger partial charge in [-0.05, 0) is 24.3 Å². The van der Waals surface area contributed by atoms with Gasteiger partial charge in [-0.25, -0.2) is 0 Å². The number of nitrogens with zero attached hydrogens (tertiary/aromatic N) is 2. The number of hydrogen-bond donors (Lipinski definition) is 5. The van der Waals surface area contributed by atoms with Gasteiger partial charge in [0.05, 0.1) is 0 Å². The number of rotatable bonds is 3. The second kappa shape index (κ2) is 8.86. The molecule has 116 valence electrons. The molecule has 0 radical (unpaired) electrons. The molecule has 0 saturated carbocycles. The van der Waals surface area contributed by atoms with Crippen molar-refractivity contribution in [2.45, 2.75) is 0 Å². The summed E-state index contributed by atoms with van der Waals surface area (Å²) in [6.45, 7) is 0. The van der Waals surface area contributed by atoms with Gasteiger partial charge < -0.3 is 16.8 Å². The minimum absolute atomic E-state index is 0.212. The van der Waals surface area contributed by atoms with Crippen LogP contribution in [-0.2, 0) is 15.2 Å². The van der Waals surface area contributed by atoms with E-state index in [9.17, 15) is 4.79 Å². The van der Waals surface area contributed by atoms with Gasteiger partial charge in [-0.3, -0.25) is 13.9 Å². The third kappa shape index (κ3) is 14.0. The first kappa shape index (κ1) is 18.8. The fourth-order valence-corrected chi connectivity index (χ4v) is 0.982. The Morgan fingerprint density at radius 1 is 1.24 bits per heavy atom. The first-order valence-electron chi connectivity index (χ1n) is 4.96. The van der Waals surface area contributed by atoms with E-state index < -0.39 is 16.3 Å². The van der Waals surface area contributed by atoms with Gasteiger partial charge in [-0.2, -0.15) is 8.42 Å². The van der Waals surface area contributed by atoms with E-state index in [2.05, 4.69) is 15.5 Å². The highest BCUT2D eigenvalue weighted by molar-refractivity contribution is 7.79. The molecule has 0 atom stereocenters. The lowest BCUT2D eigenvalue weighted by molar-refractivity contribution is -0.110. The molecule has 0 aliphatic heterocycles. The molecule has 0 fully saturated rings. The van der Waals surface area contributed by atoms with E-state index in [0.29, 0.717) is 10.7 Å². The van der Waals surface area contributed by atoms with Crippen LogP contribution in [0.1, 0.15) is 0 Å². The van der Waals surface area contributed by atoms with Crippen molar-refractivity contribution in [3.63, 3.8) is 0 Å². The number of hydrogen-bond acceptors (Lipinski definition) is 5. The minimum Gasteiger partial charge on any atom is -0.369 e. The third-order valence-electron chi connectivity index (χ3n) is 1.46. The fraction of sp³-hybridized carbons (Fsp3) is 0. The number of carbonyl (C=O) groups excluding carboxylic acids is 1. The van der Waals surface area contributed by atoms with E-state index in [4.69, 9.17) is 40.6 Å². The molecule has 21 heavy (non-hydrogen) atoms. The van der Waals surface area contributed by atoms with Crippen LogP contribution in [0.4, 0.5) is 5.69 Å². The Morgan fingerprint density at radius 2 is 1.71 bits per heavy atom. The van der Waals surface area contributed by atoms with Gasteiger partial charge >= 0.3 is 10.4 Å². The van der Waals surface area contributed by atoms with Crippen LogP contribution in [0.3, 0.4) is 0 Å². The van der Waals surface area contributed by atoms with E-state index in [1.165, 1.54) is 0 Å². The van der Waals surface area contributed by atoms with Gasteiger partial charge in [0.1, 0.15) is 6.21 Å². The van der Waals surface area contributed by atoms with Crippen molar-refractivity contribution in [2.24, 2.45) is 21.7 Å². The normalized spacial score (nSPS) is 10.4. The second-order valence-electron chi connectivity index (χ2n) is 3.21. The zero-order valence-corrected chi connectivity index (χ0v) is 11.9. The molecule has 10 nitrogen and oxygen atoms in total. The quantitative estimate of drug-likeness (QED) is 0.220. The van der Waals surface area contributed by atoms with Gasteiger partial charge in [0.15, 0.2) is 0 Å². The molecule has 1 rings (SSSR count). The molecule has 0 aromatic heterocycles. The van der Waals surface area contributed by atoms with Crippen LogP contribution in [0, 0.1) is 0 Å². The van der Waals surface area contributed by atoms with Gasteiger partial charge in [0, 0.05) is 10.7 Å². The van der Waals surface area contributed by atoms with Crippen molar-refractivity contribution in [3.8, 4) is 0 Å². The van der Waals surface area contributed by atoms with Crippen LogP contribution >= 0.6 is 11.6 Å². The van der Waals surface area contributed by atoms with Crippen LogP contribution in [0.15, 0.2) is 34.5 Å². The number of halogens is 1. The van der Waals surface area contributed by atoms with Crippen molar-refractivity contribution in [3.05, 3.63) is 29.3 Å². The lowest BCUT2D eigenvalue weighted by Crippen LogP contribution is -2.22. The Kier molecular flexibility index (Phi) is 7.93. The maximum Gasteiger partial charge on any atom is 0.394 e. The standard InChI is InChI=1S/C9H10ClN5O.H2O4S/c10-6-1-3-7(4-2-6)14-8(16)5-13-15-9(11)12;1-5(2,3)4/h1-5H,(H,14,16)(H4,11,12,15);(H2,1,2,3,4)/b13-5+;. The predicted octanol–water partition coefficient (Wildman–Crippen LogP) is -0.115. The molecular formula is C9H12ClN5O5S. The summed E-state index contributed by atoms with van der Waals surface area (Å²) in [5, 5.41) is 9.77. The zero-order valence-electron chi connectivity index (χ0n) is 10.3. The largest absolute Gasteiger partial charge is 0.394 e. The summed E-state index contributed by atoms with van der Waals surface area (Å²) in [5.74, 6) is -0.650. The Morgan fingerprint density at radius 3 is 2.14 bits per heavy atom. The van der Waals surface area contributed by atoms with Gasteiger partial charge in [-0.15, -0.1) is 10.2 Å². The number of nitrogens with one attached hydrogen (secondary N) is 1. The molecule has 12 heteroatoms. The lowest BCUT2D eigenvalue weighted by Gasteiger charge is -2.00. The monoisotopic (exact) mass is 337 g/mol. The van der Waals surface area contributed by atoms with Crippen molar-refractivity contribution in [2.75, 3.05) is 5.32 Å². The van der Waals surface area contributed by atoms with Crippen LogP contribution in [0.25, 0.3) is 0 Å². The summed E-state index contributed by atoms with van der Waals surface area (Å²) >= 11 is 5.68. The summed E-state index contributed by atoms with van der Waals surface area (Å²) < 4.78 is 31.6. The average molecular weight is 338 g/mol. The van der Waals surface area contributed by atoms with Crippen LogP contribution in [0.5, 0.6) is 0 Å². The van der Waals surface area contributed by atoms with Crippen molar-refractivity contribution in [1.82, 2.24) is 0 Å². The third-order valence-corrected chi connectivity index (χ3v) is 1.71. The summed E-state index contributed by atoms with van der Waals surface area (Å²) in [7, 11) is -4.67. The molecular weight excluding hydrogens is 326 g/mol. The molecule has 0 heterocycles. The molecule has 0 aliphatic rings. The number of nitrogens with two attached hydrogens (primary N) is 2. The Balaban J connectivity index is 0.000000690. The summed E-state index contributed by atoms with van der Waals surface area (Å²) in [5.41, 5.74) is 10.6. The van der Waals surface area contributed by atoms with Gasteiger partial charge in [0.2, 0.25) is 5.96 Å². The van der Waals surface area contributed by atoms with E-state index >= 15 is 0 Å². The minimum atomic E-state index is -4.67. The van der Waals surface area contributed by atoms with E-state index in [1.807, 2.05) is 0 Å². The number of amides is 1. The molecule has 0 aliphatic carbocycles. The molecule has 0 spiro atoms. The van der Waals surface area contributed by atoms with Crippen LogP contribution < -0.4 is 16.8 Å². The number of carbonyl (C=O) groups is 1. The maximum absolute atomic E-state index is 11.2. The van der Waals surface area contributed by atoms with E-state index in [0.717, 1.165) is 6.21 Å². The average Bonchev–Trinajstić information content (AvgIpc) is 2.29. The summed E-state index contributed by atoms with van der Waals surface area (Å²) in [4.78, 5) is 11.2. The Hall–Kier alpha value is -2.21. The smallest absolute Gasteiger partial charge is 0.369 e. The Bertz CT molecular complexity index is 616. The topological polar surface area (TPSA) is 180 Å². The molecule has 1 aromatic rings. The molecule has 1 amide bonds. The van der Waals surface area contributed by atoms with E-state index in [-0.39, 0.29) is 5.96 Å². The molecule has 0 unspecified atom stereocenters. The highest BCUT2D eigenvalue weighted by atomic mass is 35.5. The summed E-state index contributed by atoms with van der Waals surface area (Å²) in [6.07, 6.45) is 0.967. The zero-order chi connectivity index (χ0) is 16.5. The first-order valence-corrected chi connectivity index (χ1v) is 6.74. The van der Waals surface area contributed by atoms with Gasteiger partial charge in [-0.1, -0.05) is 11.6 Å². The highest BCUT2D eigenvalue weighted by Crippen LogP contribution is 2.12. The van der Waals surface area contributed by atoms with Crippen molar-refractivity contribution >= 4 is 45.8 Å². The van der Waals surface area contributed by atoms with Crippen LogP contribution in [-0.4, -0.2) is 35.6 Å². The molecule has 0 bridgehead atoms. The van der Waals surface area contributed by atoms with E-state index in [1.54, 1.807) is 24.3 Å².